The van der Waals surface area contributed by atoms with E-state index in [-0.39, 0.29) is 0 Å². The van der Waals surface area contributed by atoms with E-state index in [1.54, 1.807) is 0 Å². The van der Waals surface area contributed by atoms with E-state index in [1.807, 2.05) is 0 Å². The van der Waals surface area contributed by atoms with Crippen LogP contribution in [0, 0.1) is 5.92 Å². The summed E-state index contributed by atoms with van der Waals surface area (Å²) in [5, 5.41) is 7.47. The van der Waals surface area contributed by atoms with Gasteiger partial charge in [-0.3, -0.25) is 0 Å². The van der Waals surface area contributed by atoms with Crippen LogP contribution in [-0.4, -0.2) is 36.4 Å². The molecule has 0 radical (unpaired) electrons. The number of rotatable bonds is 3. The molecule has 2 aliphatic rings. The first-order chi connectivity index (χ1) is 8.92. The Morgan fingerprint density at radius 1 is 1.22 bits per heavy atom. The van der Waals surface area contributed by atoms with E-state index in [0.29, 0.717) is 11.8 Å². The highest BCUT2D eigenvalue weighted by Crippen LogP contribution is 2.24. The van der Waals surface area contributed by atoms with Gasteiger partial charge in [-0.05, 0) is 44.7 Å². The SMILES string of the molecule is C1COCC(Cc2noc(C3CCNCC3)n2)C1. The Hall–Kier alpha value is -0.940. The normalized spacial score (nSPS) is 26.3. The van der Waals surface area contributed by atoms with Crippen LogP contribution in [0.4, 0.5) is 0 Å². The molecule has 5 heteroatoms. The molecule has 0 bridgehead atoms. The van der Waals surface area contributed by atoms with E-state index in [9.17, 15) is 0 Å². The van der Waals surface area contributed by atoms with Crippen molar-refractivity contribution in [3.63, 3.8) is 0 Å². The molecular formula is C13H21N3O2. The first-order valence-electron chi connectivity index (χ1n) is 7.03. The third-order valence-electron chi connectivity index (χ3n) is 3.90. The third kappa shape index (κ3) is 2.90. The van der Waals surface area contributed by atoms with E-state index in [4.69, 9.17) is 9.26 Å². The van der Waals surface area contributed by atoms with Crippen molar-refractivity contribution >= 4 is 0 Å². The zero-order chi connectivity index (χ0) is 12.2. The van der Waals surface area contributed by atoms with Crippen LogP contribution >= 0.6 is 0 Å². The van der Waals surface area contributed by atoms with Crippen molar-refractivity contribution < 1.29 is 9.26 Å². The summed E-state index contributed by atoms with van der Waals surface area (Å²) in [5.74, 6) is 2.72. The summed E-state index contributed by atoms with van der Waals surface area (Å²) in [7, 11) is 0. The zero-order valence-corrected chi connectivity index (χ0v) is 10.7. The molecule has 0 aliphatic carbocycles. The van der Waals surface area contributed by atoms with Crippen molar-refractivity contribution in [3.8, 4) is 0 Å². The van der Waals surface area contributed by atoms with E-state index in [0.717, 1.165) is 63.7 Å². The van der Waals surface area contributed by atoms with Gasteiger partial charge in [0, 0.05) is 25.6 Å². The number of piperidine rings is 1. The maximum Gasteiger partial charge on any atom is 0.229 e. The fourth-order valence-corrected chi connectivity index (χ4v) is 2.81. The molecule has 5 nitrogen and oxygen atoms in total. The summed E-state index contributed by atoms with van der Waals surface area (Å²) in [6.07, 6.45) is 5.48. The summed E-state index contributed by atoms with van der Waals surface area (Å²) in [6, 6.07) is 0. The van der Waals surface area contributed by atoms with Gasteiger partial charge in [0.15, 0.2) is 5.82 Å². The molecule has 0 saturated carbocycles. The fraction of sp³-hybridized carbons (Fsp3) is 0.846. The molecule has 3 heterocycles. The Balaban J connectivity index is 1.58. The fourth-order valence-electron chi connectivity index (χ4n) is 2.81. The minimum atomic E-state index is 0.454. The molecule has 2 fully saturated rings. The summed E-state index contributed by atoms with van der Waals surface area (Å²) in [4.78, 5) is 4.57. The van der Waals surface area contributed by atoms with Crippen molar-refractivity contribution in [2.75, 3.05) is 26.3 Å². The molecule has 1 atom stereocenters. The minimum Gasteiger partial charge on any atom is -0.381 e. The smallest absolute Gasteiger partial charge is 0.229 e. The van der Waals surface area contributed by atoms with Crippen LogP contribution in [-0.2, 0) is 11.2 Å². The van der Waals surface area contributed by atoms with Crippen molar-refractivity contribution in [1.82, 2.24) is 15.5 Å². The molecule has 3 rings (SSSR count). The Kier molecular flexibility index (Phi) is 3.90. The van der Waals surface area contributed by atoms with Gasteiger partial charge in [-0.2, -0.15) is 4.98 Å². The number of hydrogen-bond acceptors (Lipinski definition) is 5. The number of ether oxygens (including phenoxy) is 1. The highest BCUT2D eigenvalue weighted by molar-refractivity contribution is 4.97. The predicted octanol–water partition coefficient (Wildman–Crippen LogP) is 1.51. The van der Waals surface area contributed by atoms with E-state index in [2.05, 4.69) is 15.5 Å². The molecular weight excluding hydrogens is 230 g/mol. The molecule has 2 aliphatic heterocycles. The monoisotopic (exact) mass is 251 g/mol. The second-order valence-corrected chi connectivity index (χ2v) is 5.36. The molecule has 2 saturated heterocycles. The van der Waals surface area contributed by atoms with Crippen molar-refractivity contribution in [2.24, 2.45) is 5.92 Å². The van der Waals surface area contributed by atoms with Gasteiger partial charge in [0.25, 0.3) is 0 Å². The van der Waals surface area contributed by atoms with Gasteiger partial charge < -0.3 is 14.6 Å². The average Bonchev–Trinajstić information content (AvgIpc) is 2.89. The van der Waals surface area contributed by atoms with Crippen LogP contribution < -0.4 is 5.32 Å². The molecule has 0 amide bonds. The average molecular weight is 251 g/mol. The van der Waals surface area contributed by atoms with Crippen LogP contribution in [0.3, 0.4) is 0 Å². The zero-order valence-electron chi connectivity index (χ0n) is 10.7. The lowest BCUT2D eigenvalue weighted by atomic mass is 9.97. The minimum absolute atomic E-state index is 0.454. The predicted molar refractivity (Wildman–Crippen MR) is 66.4 cm³/mol. The standard InChI is InChI=1S/C13H21N3O2/c1-2-10(9-17-7-1)8-12-15-13(18-16-12)11-3-5-14-6-4-11/h10-11,14H,1-9H2. The molecule has 100 valence electrons. The van der Waals surface area contributed by atoms with Crippen LogP contribution in [0.2, 0.25) is 0 Å². The Bertz CT molecular complexity index is 368. The van der Waals surface area contributed by atoms with E-state index < -0.39 is 0 Å². The number of nitrogens with zero attached hydrogens (tertiary/aromatic N) is 2. The second kappa shape index (κ2) is 5.80. The molecule has 0 spiro atoms. The van der Waals surface area contributed by atoms with Crippen molar-refractivity contribution in [3.05, 3.63) is 11.7 Å². The summed E-state index contributed by atoms with van der Waals surface area (Å²) in [5.41, 5.74) is 0. The molecule has 1 N–H and O–H groups in total. The van der Waals surface area contributed by atoms with Gasteiger partial charge in [-0.1, -0.05) is 5.16 Å². The summed E-state index contributed by atoms with van der Waals surface area (Å²) in [6.45, 7) is 3.86. The van der Waals surface area contributed by atoms with Gasteiger partial charge in [0.1, 0.15) is 0 Å². The van der Waals surface area contributed by atoms with Gasteiger partial charge in [-0.15, -0.1) is 0 Å². The van der Waals surface area contributed by atoms with Crippen LogP contribution in [0.5, 0.6) is 0 Å². The van der Waals surface area contributed by atoms with Crippen molar-refractivity contribution in [2.45, 2.75) is 38.0 Å². The number of hydrogen-bond donors (Lipinski definition) is 1. The Labute approximate surface area is 107 Å². The molecule has 18 heavy (non-hydrogen) atoms. The topological polar surface area (TPSA) is 60.2 Å². The van der Waals surface area contributed by atoms with Gasteiger partial charge in [0.05, 0.1) is 0 Å². The number of nitrogens with one attached hydrogen (secondary N) is 1. The molecule has 1 unspecified atom stereocenters. The first-order valence-corrected chi connectivity index (χ1v) is 7.03. The van der Waals surface area contributed by atoms with Gasteiger partial charge in [-0.25, -0.2) is 0 Å². The lowest BCUT2D eigenvalue weighted by Gasteiger charge is -2.20. The summed E-state index contributed by atoms with van der Waals surface area (Å²) >= 11 is 0. The van der Waals surface area contributed by atoms with Gasteiger partial charge >= 0.3 is 0 Å². The molecule has 0 aromatic carbocycles. The van der Waals surface area contributed by atoms with Crippen LogP contribution in [0.25, 0.3) is 0 Å². The van der Waals surface area contributed by atoms with Crippen LogP contribution in [0.15, 0.2) is 4.52 Å². The summed E-state index contributed by atoms with van der Waals surface area (Å²) < 4.78 is 10.9. The van der Waals surface area contributed by atoms with E-state index >= 15 is 0 Å². The maximum absolute atomic E-state index is 5.48. The first kappa shape index (κ1) is 12.1. The number of aromatic nitrogens is 2. The largest absolute Gasteiger partial charge is 0.381 e. The van der Waals surface area contributed by atoms with Crippen molar-refractivity contribution in [1.29, 1.82) is 0 Å². The third-order valence-corrected chi connectivity index (χ3v) is 3.90. The quantitative estimate of drug-likeness (QED) is 0.882. The molecule has 1 aromatic heterocycles. The Morgan fingerprint density at radius 2 is 2.11 bits per heavy atom. The maximum atomic E-state index is 5.48. The highest BCUT2D eigenvalue weighted by atomic mass is 16.5. The van der Waals surface area contributed by atoms with Crippen LogP contribution in [0.1, 0.15) is 43.3 Å². The highest BCUT2D eigenvalue weighted by Gasteiger charge is 2.23. The lowest BCUT2D eigenvalue weighted by molar-refractivity contribution is 0.0541. The van der Waals surface area contributed by atoms with E-state index in [1.165, 1.54) is 6.42 Å². The second-order valence-electron chi connectivity index (χ2n) is 5.36. The van der Waals surface area contributed by atoms with Gasteiger partial charge in [0.2, 0.25) is 5.89 Å². The lowest BCUT2D eigenvalue weighted by Crippen LogP contribution is -2.26. The molecule has 1 aromatic rings. The Morgan fingerprint density at radius 3 is 2.89 bits per heavy atom.